The van der Waals surface area contributed by atoms with Gasteiger partial charge < -0.3 is 15.1 Å². The summed E-state index contributed by atoms with van der Waals surface area (Å²) in [6, 6.07) is 8.34. The molecule has 0 bridgehead atoms. The predicted octanol–water partition coefficient (Wildman–Crippen LogP) is 4.40. The number of anilines is 2. The van der Waals surface area contributed by atoms with Crippen LogP contribution in [0.4, 0.5) is 28.9 Å². The Bertz CT molecular complexity index is 958. The third kappa shape index (κ3) is 5.34. The SMILES string of the molecule is CN(C)c1ccc(C(F)(F)F)cc1NC(=O)C1CCCN(C(=O)c2ccc(F)cc2)C1. The van der Waals surface area contributed by atoms with Gasteiger partial charge in [0.25, 0.3) is 5.91 Å². The Morgan fingerprint density at radius 2 is 1.77 bits per heavy atom. The van der Waals surface area contributed by atoms with Gasteiger partial charge in [-0.2, -0.15) is 13.2 Å². The summed E-state index contributed by atoms with van der Waals surface area (Å²) in [6.07, 6.45) is -3.45. The second kappa shape index (κ2) is 8.95. The summed E-state index contributed by atoms with van der Waals surface area (Å²) in [4.78, 5) is 28.7. The minimum absolute atomic E-state index is 0.0619. The number of amides is 2. The topological polar surface area (TPSA) is 52.7 Å². The van der Waals surface area contributed by atoms with Crippen molar-refractivity contribution < 1.29 is 27.2 Å². The summed E-state index contributed by atoms with van der Waals surface area (Å²) in [5.41, 5.74) is -0.0383. The summed E-state index contributed by atoms with van der Waals surface area (Å²) in [5, 5.41) is 2.61. The number of hydrogen-bond acceptors (Lipinski definition) is 3. The van der Waals surface area contributed by atoms with E-state index >= 15 is 0 Å². The number of halogens is 4. The van der Waals surface area contributed by atoms with E-state index in [1.807, 2.05) is 0 Å². The molecule has 1 atom stereocenters. The van der Waals surface area contributed by atoms with Crippen LogP contribution in [0.5, 0.6) is 0 Å². The molecular formula is C22H23F4N3O2. The Morgan fingerprint density at radius 1 is 1.10 bits per heavy atom. The van der Waals surface area contributed by atoms with Gasteiger partial charge in [-0.25, -0.2) is 4.39 Å². The molecular weight excluding hydrogens is 414 g/mol. The van der Waals surface area contributed by atoms with Crippen molar-refractivity contribution in [2.75, 3.05) is 37.4 Å². The quantitative estimate of drug-likeness (QED) is 0.722. The van der Waals surface area contributed by atoms with E-state index in [1.54, 1.807) is 19.0 Å². The Labute approximate surface area is 177 Å². The molecule has 3 rings (SSSR count). The number of benzene rings is 2. The summed E-state index contributed by atoms with van der Waals surface area (Å²) in [6.45, 7) is 0.588. The second-order valence-corrected chi connectivity index (χ2v) is 7.71. The largest absolute Gasteiger partial charge is 0.416 e. The highest BCUT2D eigenvalue weighted by atomic mass is 19.4. The van der Waals surface area contributed by atoms with E-state index in [1.165, 1.54) is 35.2 Å². The second-order valence-electron chi connectivity index (χ2n) is 7.71. The van der Waals surface area contributed by atoms with Gasteiger partial charge in [0.1, 0.15) is 5.82 Å². The summed E-state index contributed by atoms with van der Waals surface area (Å²) < 4.78 is 52.5. The molecule has 1 aliphatic rings. The first kappa shape index (κ1) is 22.6. The van der Waals surface area contributed by atoms with Crippen molar-refractivity contribution in [3.05, 3.63) is 59.4 Å². The lowest BCUT2D eigenvalue weighted by molar-refractivity contribution is -0.137. The Morgan fingerprint density at radius 3 is 2.39 bits per heavy atom. The molecule has 2 aromatic carbocycles. The van der Waals surface area contributed by atoms with Crippen LogP contribution in [-0.2, 0) is 11.0 Å². The molecule has 166 valence electrons. The van der Waals surface area contributed by atoms with Crippen molar-refractivity contribution in [3.8, 4) is 0 Å². The molecule has 0 saturated carbocycles. The molecule has 0 aromatic heterocycles. The van der Waals surface area contributed by atoms with E-state index in [4.69, 9.17) is 0 Å². The fourth-order valence-corrected chi connectivity index (χ4v) is 3.59. The summed E-state index contributed by atoms with van der Waals surface area (Å²) in [7, 11) is 3.34. The lowest BCUT2D eigenvalue weighted by Gasteiger charge is -2.32. The van der Waals surface area contributed by atoms with E-state index in [-0.39, 0.29) is 18.1 Å². The maximum Gasteiger partial charge on any atom is 0.416 e. The van der Waals surface area contributed by atoms with E-state index < -0.39 is 29.4 Å². The first-order valence-corrected chi connectivity index (χ1v) is 9.80. The molecule has 9 heteroatoms. The van der Waals surface area contributed by atoms with Gasteiger partial charge in [-0.1, -0.05) is 0 Å². The number of alkyl halides is 3. The molecule has 1 fully saturated rings. The molecule has 1 aliphatic heterocycles. The maximum atomic E-state index is 13.1. The maximum absolute atomic E-state index is 13.1. The van der Waals surface area contributed by atoms with Crippen LogP contribution in [0, 0.1) is 11.7 Å². The fourth-order valence-electron chi connectivity index (χ4n) is 3.59. The van der Waals surface area contributed by atoms with Crippen molar-refractivity contribution in [2.24, 2.45) is 5.92 Å². The minimum Gasteiger partial charge on any atom is -0.376 e. The van der Waals surface area contributed by atoms with Crippen LogP contribution in [0.15, 0.2) is 42.5 Å². The summed E-state index contributed by atoms with van der Waals surface area (Å²) in [5.74, 6) is -1.78. The molecule has 2 amide bonds. The lowest BCUT2D eigenvalue weighted by atomic mass is 9.96. The monoisotopic (exact) mass is 437 g/mol. The van der Waals surface area contributed by atoms with Crippen molar-refractivity contribution >= 4 is 23.2 Å². The van der Waals surface area contributed by atoms with Crippen molar-refractivity contribution in [1.82, 2.24) is 4.90 Å². The van der Waals surface area contributed by atoms with Gasteiger partial charge in [0, 0.05) is 32.7 Å². The molecule has 1 saturated heterocycles. The molecule has 1 unspecified atom stereocenters. The molecule has 31 heavy (non-hydrogen) atoms. The average molecular weight is 437 g/mol. The number of nitrogens with one attached hydrogen (secondary N) is 1. The fraction of sp³-hybridized carbons (Fsp3) is 0.364. The minimum atomic E-state index is -4.53. The van der Waals surface area contributed by atoms with E-state index in [2.05, 4.69) is 5.32 Å². The van der Waals surface area contributed by atoms with Crippen LogP contribution >= 0.6 is 0 Å². The van der Waals surface area contributed by atoms with Crippen molar-refractivity contribution in [3.63, 3.8) is 0 Å². The van der Waals surface area contributed by atoms with Crippen LogP contribution in [0.1, 0.15) is 28.8 Å². The molecule has 2 aromatic rings. The Kier molecular flexibility index (Phi) is 6.52. The highest BCUT2D eigenvalue weighted by Gasteiger charge is 2.33. The van der Waals surface area contributed by atoms with Gasteiger partial charge in [-0.3, -0.25) is 9.59 Å². The molecule has 1 heterocycles. The zero-order chi connectivity index (χ0) is 22.8. The molecule has 1 N–H and O–H groups in total. The third-order valence-electron chi connectivity index (χ3n) is 5.23. The van der Waals surface area contributed by atoms with Gasteiger partial charge in [-0.05, 0) is 55.3 Å². The van der Waals surface area contributed by atoms with Crippen LogP contribution < -0.4 is 10.2 Å². The number of rotatable bonds is 4. The third-order valence-corrected chi connectivity index (χ3v) is 5.23. The molecule has 0 aliphatic carbocycles. The van der Waals surface area contributed by atoms with Crippen molar-refractivity contribution in [1.29, 1.82) is 0 Å². The van der Waals surface area contributed by atoms with Crippen LogP contribution in [0.3, 0.4) is 0 Å². The Balaban J connectivity index is 1.75. The number of piperidine rings is 1. The standard InChI is InChI=1S/C22H23F4N3O2/c1-28(2)19-10-7-16(22(24,25)26)12-18(19)27-20(30)15-4-3-11-29(13-15)21(31)14-5-8-17(23)9-6-14/h5-10,12,15H,3-4,11,13H2,1-2H3,(H,27,30). The predicted molar refractivity (Wildman–Crippen MR) is 109 cm³/mol. The normalized spacial score (nSPS) is 16.7. The molecule has 5 nitrogen and oxygen atoms in total. The first-order valence-electron chi connectivity index (χ1n) is 9.80. The zero-order valence-corrected chi connectivity index (χ0v) is 17.2. The van der Waals surface area contributed by atoms with Crippen LogP contribution in [0.25, 0.3) is 0 Å². The Hall–Kier alpha value is -3.10. The average Bonchev–Trinajstić information content (AvgIpc) is 2.73. The lowest BCUT2D eigenvalue weighted by Crippen LogP contribution is -2.43. The van der Waals surface area contributed by atoms with Gasteiger partial charge in [0.05, 0.1) is 22.9 Å². The molecule has 0 spiro atoms. The number of hydrogen-bond donors (Lipinski definition) is 1. The van der Waals surface area contributed by atoms with E-state index in [0.29, 0.717) is 30.6 Å². The zero-order valence-electron chi connectivity index (χ0n) is 17.2. The first-order chi connectivity index (χ1) is 14.6. The summed E-state index contributed by atoms with van der Waals surface area (Å²) >= 11 is 0. The van der Waals surface area contributed by atoms with E-state index in [0.717, 1.165) is 12.1 Å². The van der Waals surface area contributed by atoms with Gasteiger partial charge in [-0.15, -0.1) is 0 Å². The highest BCUT2D eigenvalue weighted by Crippen LogP contribution is 2.35. The number of carbonyl (C=O) groups excluding carboxylic acids is 2. The van der Waals surface area contributed by atoms with Gasteiger partial charge in [0.15, 0.2) is 0 Å². The van der Waals surface area contributed by atoms with Crippen molar-refractivity contribution in [2.45, 2.75) is 19.0 Å². The number of likely N-dealkylation sites (tertiary alicyclic amines) is 1. The van der Waals surface area contributed by atoms with Crippen LogP contribution in [0.2, 0.25) is 0 Å². The smallest absolute Gasteiger partial charge is 0.376 e. The van der Waals surface area contributed by atoms with Gasteiger partial charge in [0.2, 0.25) is 5.91 Å². The van der Waals surface area contributed by atoms with E-state index in [9.17, 15) is 27.2 Å². The van der Waals surface area contributed by atoms with Crippen LogP contribution in [-0.4, -0.2) is 43.9 Å². The number of carbonyl (C=O) groups is 2. The van der Waals surface area contributed by atoms with Gasteiger partial charge >= 0.3 is 6.18 Å². The number of nitrogens with zero attached hydrogens (tertiary/aromatic N) is 2. The highest BCUT2D eigenvalue weighted by molar-refractivity contribution is 5.98. The molecule has 0 radical (unpaired) electrons.